The number of anilines is 3. The molecule has 1 saturated heterocycles. The van der Waals surface area contributed by atoms with Crippen LogP contribution in [-0.4, -0.2) is 35.3 Å². The summed E-state index contributed by atoms with van der Waals surface area (Å²) < 4.78 is 25.5. The van der Waals surface area contributed by atoms with Crippen molar-refractivity contribution >= 4 is 50.1 Å². The maximum Gasteiger partial charge on any atom is 0.407 e. The van der Waals surface area contributed by atoms with Crippen molar-refractivity contribution in [3.8, 4) is 5.75 Å². The molecule has 1 aliphatic rings. The third kappa shape index (κ3) is 3.77. The van der Waals surface area contributed by atoms with Gasteiger partial charge in [-0.2, -0.15) is 0 Å². The van der Waals surface area contributed by atoms with E-state index in [1.165, 1.54) is 12.4 Å². The van der Waals surface area contributed by atoms with Crippen molar-refractivity contribution < 1.29 is 18.7 Å². The molecule has 0 bridgehead atoms. The number of nitrogens with zero attached hydrogens (tertiary/aromatic N) is 2. The van der Waals surface area contributed by atoms with Crippen LogP contribution >= 0.6 is 15.9 Å². The molecule has 1 atom stereocenters. The number of aromatic nitrogens is 2. The monoisotopic (exact) mass is 447 g/mol. The van der Waals surface area contributed by atoms with Crippen LogP contribution in [0.25, 0.3) is 10.9 Å². The van der Waals surface area contributed by atoms with Crippen LogP contribution in [0.15, 0.2) is 41.1 Å². The smallest absolute Gasteiger partial charge is 0.407 e. The number of nitrogen functional groups attached to an aromatic ring is 1. The number of carbonyl (C=O) groups is 1. The molecule has 1 aromatic heterocycles. The van der Waals surface area contributed by atoms with Crippen molar-refractivity contribution in [2.24, 2.45) is 0 Å². The van der Waals surface area contributed by atoms with Gasteiger partial charge < -0.3 is 25.8 Å². The second-order valence-corrected chi connectivity index (χ2v) is 7.01. The van der Waals surface area contributed by atoms with Gasteiger partial charge in [0.15, 0.2) is 6.10 Å². The van der Waals surface area contributed by atoms with E-state index in [1.807, 2.05) is 0 Å². The predicted octanol–water partition coefficient (Wildman–Crippen LogP) is 3.34. The molecule has 4 rings (SSSR count). The number of ether oxygens (including phenoxy) is 2. The first-order chi connectivity index (χ1) is 13.5. The van der Waals surface area contributed by atoms with Gasteiger partial charge in [-0.1, -0.05) is 15.9 Å². The number of cyclic esters (lactones) is 1. The number of carbonyl (C=O) groups excluding carboxylic acids is 1. The molecular weight excluding hydrogens is 433 g/mol. The molecule has 0 spiro atoms. The predicted molar refractivity (Wildman–Crippen MR) is 105 cm³/mol. The molecule has 4 N–H and O–H groups in total. The lowest BCUT2D eigenvalue weighted by Gasteiger charge is -2.14. The fourth-order valence-corrected chi connectivity index (χ4v) is 3.08. The summed E-state index contributed by atoms with van der Waals surface area (Å²) in [6, 6.07) is 8.00. The van der Waals surface area contributed by atoms with Gasteiger partial charge in [0, 0.05) is 15.9 Å². The van der Waals surface area contributed by atoms with Crippen molar-refractivity contribution in [1.29, 1.82) is 0 Å². The average molecular weight is 448 g/mol. The van der Waals surface area contributed by atoms with E-state index in [0.29, 0.717) is 39.2 Å². The van der Waals surface area contributed by atoms with Crippen LogP contribution in [0.1, 0.15) is 0 Å². The van der Waals surface area contributed by atoms with Crippen LogP contribution in [-0.2, 0) is 4.74 Å². The van der Waals surface area contributed by atoms with E-state index < -0.39 is 11.9 Å². The molecule has 2 aromatic carbocycles. The molecule has 8 nitrogen and oxygen atoms in total. The molecule has 1 aliphatic heterocycles. The number of rotatable bonds is 5. The number of halogens is 2. The van der Waals surface area contributed by atoms with E-state index >= 15 is 0 Å². The number of hydrogen-bond acceptors (Lipinski definition) is 7. The molecule has 0 aliphatic carbocycles. The first-order valence-corrected chi connectivity index (χ1v) is 9.12. The minimum Gasteiger partial charge on any atom is -0.487 e. The molecule has 10 heteroatoms. The molecule has 1 amide bonds. The minimum atomic E-state index is -0.469. The lowest BCUT2D eigenvalue weighted by Crippen LogP contribution is -2.22. The number of nitrogens with one attached hydrogen (secondary N) is 2. The Hall–Kier alpha value is -3.14. The third-order valence-electron chi connectivity index (χ3n) is 4.12. The highest BCUT2D eigenvalue weighted by Crippen LogP contribution is 2.32. The fourth-order valence-electron chi connectivity index (χ4n) is 2.75. The van der Waals surface area contributed by atoms with E-state index in [4.69, 9.17) is 15.2 Å². The molecule has 1 fully saturated rings. The Bertz CT molecular complexity index is 1060. The summed E-state index contributed by atoms with van der Waals surface area (Å²) in [6.45, 7) is 0.538. The highest BCUT2D eigenvalue weighted by molar-refractivity contribution is 9.10. The van der Waals surface area contributed by atoms with Gasteiger partial charge in [-0.15, -0.1) is 0 Å². The standard InChI is InChI=1S/C18H15BrFN5O3/c19-9-1-2-14(12(20)3-9)25-17-11-4-13(21)16(5-15(11)23-8-24-17)27-7-10-6-22-18(26)28-10/h1-5,8,10H,6-7,21H2,(H,22,26)(H,23,24,25). The molecule has 28 heavy (non-hydrogen) atoms. The van der Waals surface area contributed by atoms with Gasteiger partial charge in [-0.3, -0.25) is 0 Å². The normalized spacial score (nSPS) is 15.9. The van der Waals surface area contributed by atoms with E-state index in [9.17, 15) is 9.18 Å². The van der Waals surface area contributed by atoms with Crippen LogP contribution in [0.3, 0.4) is 0 Å². The molecule has 2 heterocycles. The van der Waals surface area contributed by atoms with Gasteiger partial charge in [0.1, 0.15) is 30.3 Å². The Kier molecular flexibility index (Phi) is 4.86. The second kappa shape index (κ2) is 7.47. The summed E-state index contributed by atoms with van der Waals surface area (Å²) in [4.78, 5) is 19.5. The number of benzene rings is 2. The SMILES string of the molecule is Nc1cc2c(Nc3ccc(Br)cc3F)ncnc2cc1OCC1CNC(=O)O1. The zero-order valence-electron chi connectivity index (χ0n) is 14.4. The fraction of sp³-hybridized carbons (Fsp3) is 0.167. The van der Waals surface area contributed by atoms with Crippen molar-refractivity contribution in [3.05, 3.63) is 46.9 Å². The van der Waals surface area contributed by atoms with E-state index in [1.54, 1.807) is 24.3 Å². The third-order valence-corrected chi connectivity index (χ3v) is 4.62. The molecule has 3 aromatic rings. The van der Waals surface area contributed by atoms with E-state index in [0.717, 1.165) is 0 Å². The maximum atomic E-state index is 14.1. The molecule has 0 radical (unpaired) electrons. The van der Waals surface area contributed by atoms with Gasteiger partial charge in [0.05, 0.1) is 23.4 Å². The number of nitrogens with two attached hydrogens (primary N) is 1. The van der Waals surface area contributed by atoms with Gasteiger partial charge in [-0.25, -0.2) is 19.2 Å². The van der Waals surface area contributed by atoms with Crippen molar-refractivity contribution in [2.45, 2.75) is 6.10 Å². The molecular formula is C18H15BrFN5O3. The Morgan fingerprint density at radius 1 is 1.36 bits per heavy atom. The van der Waals surface area contributed by atoms with Crippen LogP contribution in [0.5, 0.6) is 5.75 Å². The molecule has 1 unspecified atom stereocenters. The Morgan fingerprint density at radius 2 is 2.21 bits per heavy atom. The Balaban J connectivity index is 1.59. The van der Waals surface area contributed by atoms with Gasteiger partial charge in [-0.05, 0) is 24.3 Å². The summed E-state index contributed by atoms with van der Waals surface area (Å²) in [7, 11) is 0. The van der Waals surface area contributed by atoms with Gasteiger partial charge >= 0.3 is 6.09 Å². The number of alkyl carbamates (subject to hydrolysis) is 1. The van der Waals surface area contributed by atoms with Crippen LogP contribution < -0.4 is 21.1 Å². The zero-order chi connectivity index (χ0) is 19.7. The highest BCUT2D eigenvalue weighted by atomic mass is 79.9. The van der Waals surface area contributed by atoms with Gasteiger partial charge in [0.25, 0.3) is 0 Å². The summed E-state index contributed by atoms with van der Waals surface area (Å²) in [5, 5.41) is 6.13. The summed E-state index contributed by atoms with van der Waals surface area (Å²) >= 11 is 3.23. The summed E-state index contributed by atoms with van der Waals surface area (Å²) in [6.07, 6.45) is 0.513. The van der Waals surface area contributed by atoms with Gasteiger partial charge in [0.2, 0.25) is 0 Å². The van der Waals surface area contributed by atoms with E-state index in [-0.39, 0.29) is 18.4 Å². The topological polar surface area (TPSA) is 111 Å². The van der Waals surface area contributed by atoms with Crippen molar-refractivity contribution in [2.75, 3.05) is 24.2 Å². The molecule has 0 saturated carbocycles. The lowest BCUT2D eigenvalue weighted by molar-refractivity contribution is 0.105. The first kappa shape index (κ1) is 18.2. The quantitative estimate of drug-likeness (QED) is 0.514. The van der Waals surface area contributed by atoms with E-state index in [2.05, 4.69) is 36.5 Å². The zero-order valence-corrected chi connectivity index (χ0v) is 16.0. The summed E-state index contributed by atoms with van der Waals surface area (Å²) in [5.74, 6) is 0.405. The van der Waals surface area contributed by atoms with Crippen LogP contribution in [0.2, 0.25) is 0 Å². The van der Waals surface area contributed by atoms with Crippen molar-refractivity contribution in [1.82, 2.24) is 15.3 Å². The second-order valence-electron chi connectivity index (χ2n) is 6.10. The minimum absolute atomic E-state index is 0.161. The molecule has 144 valence electrons. The number of amides is 1. The largest absolute Gasteiger partial charge is 0.487 e. The van der Waals surface area contributed by atoms with Crippen LogP contribution in [0.4, 0.5) is 26.4 Å². The lowest BCUT2D eigenvalue weighted by atomic mass is 10.2. The van der Waals surface area contributed by atoms with Crippen LogP contribution in [0, 0.1) is 5.82 Å². The van der Waals surface area contributed by atoms with Crippen molar-refractivity contribution in [3.63, 3.8) is 0 Å². The number of fused-ring (bicyclic) bond motifs is 1. The number of hydrogen-bond donors (Lipinski definition) is 3. The first-order valence-electron chi connectivity index (χ1n) is 8.33. The maximum absolute atomic E-state index is 14.1. The Morgan fingerprint density at radius 3 is 2.96 bits per heavy atom. The highest BCUT2D eigenvalue weighted by Gasteiger charge is 2.23. The average Bonchev–Trinajstić information content (AvgIpc) is 3.08. The summed E-state index contributed by atoms with van der Waals surface area (Å²) in [5.41, 5.74) is 7.30. The Labute approximate surface area is 167 Å².